The summed E-state index contributed by atoms with van der Waals surface area (Å²) in [5, 5.41) is 10.8. The molecule has 0 bridgehead atoms. The van der Waals surface area contributed by atoms with Crippen molar-refractivity contribution in [3.05, 3.63) is 42.5 Å². The number of benzene rings is 2. The molecular formula is C19H20N2O5S. The Balaban J connectivity index is 1.45. The zero-order chi connectivity index (χ0) is 19.2. The molecule has 1 heterocycles. The van der Waals surface area contributed by atoms with Crippen molar-refractivity contribution in [1.82, 2.24) is 9.21 Å². The Morgan fingerprint density at radius 2 is 1.59 bits per heavy atom. The number of carbonyl (C=O) groups is 2. The minimum Gasteiger partial charge on any atom is -0.481 e. The monoisotopic (exact) mass is 388 g/mol. The van der Waals surface area contributed by atoms with E-state index in [0.717, 1.165) is 10.8 Å². The molecule has 1 N–H and O–H groups in total. The topological polar surface area (TPSA) is 95.0 Å². The maximum Gasteiger partial charge on any atom is 0.307 e. The highest BCUT2D eigenvalue weighted by atomic mass is 32.2. The van der Waals surface area contributed by atoms with Crippen LogP contribution in [0.3, 0.4) is 0 Å². The van der Waals surface area contributed by atoms with Crippen molar-refractivity contribution in [2.75, 3.05) is 26.2 Å². The molecule has 7 nitrogen and oxygen atoms in total. The lowest BCUT2D eigenvalue weighted by molar-refractivity contribution is -0.142. The molecule has 142 valence electrons. The van der Waals surface area contributed by atoms with E-state index in [1.165, 1.54) is 4.31 Å². The quantitative estimate of drug-likeness (QED) is 0.854. The second-order valence-corrected chi connectivity index (χ2v) is 8.96. The predicted molar refractivity (Wildman–Crippen MR) is 98.5 cm³/mol. The molecule has 2 fully saturated rings. The Bertz CT molecular complexity index is 1010. The summed E-state index contributed by atoms with van der Waals surface area (Å²) in [4.78, 5) is 25.1. The molecule has 0 aromatic heterocycles. The summed E-state index contributed by atoms with van der Waals surface area (Å²) in [7, 11) is -3.63. The molecule has 1 aliphatic heterocycles. The third-order valence-electron chi connectivity index (χ3n) is 5.33. The summed E-state index contributed by atoms with van der Waals surface area (Å²) in [6.45, 7) is 1.000. The van der Waals surface area contributed by atoms with E-state index in [1.807, 2.05) is 24.3 Å². The van der Waals surface area contributed by atoms with E-state index in [-0.39, 0.29) is 37.0 Å². The molecule has 27 heavy (non-hydrogen) atoms. The summed E-state index contributed by atoms with van der Waals surface area (Å²) < 4.78 is 27.3. The van der Waals surface area contributed by atoms with Gasteiger partial charge in [-0.25, -0.2) is 8.42 Å². The van der Waals surface area contributed by atoms with Gasteiger partial charge in [-0.15, -0.1) is 0 Å². The number of amides is 1. The van der Waals surface area contributed by atoms with Gasteiger partial charge in [0.2, 0.25) is 15.9 Å². The predicted octanol–water partition coefficient (Wildman–Crippen LogP) is 1.39. The van der Waals surface area contributed by atoms with Gasteiger partial charge in [-0.1, -0.05) is 30.3 Å². The van der Waals surface area contributed by atoms with Crippen LogP contribution in [0, 0.1) is 11.8 Å². The van der Waals surface area contributed by atoms with Crippen molar-refractivity contribution in [2.45, 2.75) is 11.3 Å². The highest BCUT2D eigenvalue weighted by Gasteiger charge is 2.50. The van der Waals surface area contributed by atoms with Crippen LogP contribution < -0.4 is 0 Å². The SMILES string of the molecule is O=C(O)C1CC1C(=O)N1CCN(S(=O)(=O)c2ccc3ccccc3c2)CC1. The van der Waals surface area contributed by atoms with Crippen LogP contribution in [0.2, 0.25) is 0 Å². The average molecular weight is 388 g/mol. The van der Waals surface area contributed by atoms with Crippen molar-refractivity contribution in [1.29, 1.82) is 0 Å². The van der Waals surface area contributed by atoms with E-state index >= 15 is 0 Å². The Morgan fingerprint density at radius 3 is 2.22 bits per heavy atom. The summed E-state index contributed by atoms with van der Waals surface area (Å²) in [5.41, 5.74) is 0. The first kappa shape index (κ1) is 17.9. The Hall–Kier alpha value is -2.45. The van der Waals surface area contributed by atoms with Crippen molar-refractivity contribution >= 4 is 32.7 Å². The third-order valence-corrected chi connectivity index (χ3v) is 7.23. The number of carboxylic acids is 1. The highest BCUT2D eigenvalue weighted by Crippen LogP contribution is 2.40. The van der Waals surface area contributed by atoms with Crippen molar-refractivity contribution in [3.8, 4) is 0 Å². The molecule has 4 rings (SSSR count). The van der Waals surface area contributed by atoms with E-state index in [1.54, 1.807) is 23.1 Å². The van der Waals surface area contributed by atoms with Crippen LogP contribution in [-0.2, 0) is 19.6 Å². The molecule has 2 atom stereocenters. The molecule has 1 saturated carbocycles. The van der Waals surface area contributed by atoms with Crippen molar-refractivity contribution in [3.63, 3.8) is 0 Å². The van der Waals surface area contributed by atoms with Crippen LogP contribution >= 0.6 is 0 Å². The van der Waals surface area contributed by atoms with Crippen LogP contribution in [0.4, 0.5) is 0 Å². The van der Waals surface area contributed by atoms with E-state index < -0.39 is 27.8 Å². The maximum absolute atomic E-state index is 12.9. The first-order valence-corrected chi connectivity index (χ1v) is 10.3. The number of carbonyl (C=O) groups excluding carboxylic acids is 1. The summed E-state index contributed by atoms with van der Waals surface area (Å²) in [6, 6.07) is 12.6. The Kier molecular flexibility index (Phi) is 4.39. The molecular weight excluding hydrogens is 368 g/mol. The highest BCUT2D eigenvalue weighted by molar-refractivity contribution is 7.89. The van der Waals surface area contributed by atoms with Crippen molar-refractivity contribution in [2.24, 2.45) is 11.8 Å². The second kappa shape index (κ2) is 6.61. The van der Waals surface area contributed by atoms with Gasteiger partial charge in [-0.2, -0.15) is 4.31 Å². The molecule has 1 amide bonds. The number of hydrogen-bond acceptors (Lipinski definition) is 4. The number of fused-ring (bicyclic) bond motifs is 1. The molecule has 2 aromatic carbocycles. The van der Waals surface area contributed by atoms with Crippen molar-refractivity contribution < 1.29 is 23.1 Å². The third kappa shape index (κ3) is 3.30. The van der Waals surface area contributed by atoms with Crippen LogP contribution in [-0.4, -0.2) is 60.8 Å². The fourth-order valence-corrected chi connectivity index (χ4v) is 5.06. The van der Waals surface area contributed by atoms with Gasteiger partial charge in [-0.3, -0.25) is 9.59 Å². The number of sulfonamides is 1. The molecule has 1 saturated heterocycles. The molecule has 0 radical (unpaired) electrons. The number of rotatable bonds is 4. The number of hydrogen-bond donors (Lipinski definition) is 1. The normalized spacial score (nSPS) is 23.3. The van der Waals surface area contributed by atoms with E-state index in [0.29, 0.717) is 6.42 Å². The van der Waals surface area contributed by atoms with E-state index in [4.69, 9.17) is 5.11 Å². The fourth-order valence-electron chi connectivity index (χ4n) is 3.60. The van der Waals surface area contributed by atoms with E-state index in [2.05, 4.69) is 0 Å². The van der Waals surface area contributed by atoms with Gasteiger partial charge in [0, 0.05) is 26.2 Å². The summed E-state index contributed by atoms with van der Waals surface area (Å²) in [5.74, 6) is -2.15. The number of nitrogens with zero attached hydrogens (tertiary/aromatic N) is 2. The smallest absolute Gasteiger partial charge is 0.307 e. The van der Waals surface area contributed by atoms with E-state index in [9.17, 15) is 18.0 Å². The standard InChI is InChI=1S/C19H20N2O5S/c22-18(16-12-17(16)19(23)24)20-7-9-21(10-8-20)27(25,26)15-6-5-13-3-1-2-4-14(13)11-15/h1-6,11,16-17H,7-10,12H2,(H,23,24). The number of piperazine rings is 1. The summed E-state index contributed by atoms with van der Waals surface area (Å²) >= 11 is 0. The number of aliphatic carboxylic acids is 1. The number of carboxylic acid groups (broad SMARTS) is 1. The van der Waals surface area contributed by atoms with Crippen LogP contribution in [0.5, 0.6) is 0 Å². The molecule has 0 spiro atoms. The minimum absolute atomic E-state index is 0.176. The largest absolute Gasteiger partial charge is 0.481 e. The average Bonchev–Trinajstić information content (AvgIpc) is 3.48. The molecule has 2 unspecified atom stereocenters. The zero-order valence-electron chi connectivity index (χ0n) is 14.6. The maximum atomic E-state index is 12.9. The van der Waals surface area contributed by atoms with Gasteiger partial charge in [0.1, 0.15) is 0 Å². The molecule has 2 aromatic rings. The fraction of sp³-hybridized carbons (Fsp3) is 0.368. The van der Waals surface area contributed by atoms with Crippen LogP contribution in [0.25, 0.3) is 10.8 Å². The van der Waals surface area contributed by atoms with Gasteiger partial charge in [0.15, 0.2) is 0 Å². The van der Waals surface area contributed by atoms with Gasteiger partial charge < -0.3 is 10.0 Å². The first-order valence-electron chi connectivity index (χ1n) is 8.88. The molecule has 8 heteroatoms. The lowest BCUT2D eigenvalue weighted by Gasteiger charge is -2.34. The van der Waals surface area contributed by atoms with Gasteiger partial charge in [0.05, 0.1) is 16.7 Å². The molecule has 2 aliphatic rings. The Labute approximate surface area is 157 Å². The zero-order valence-corrected chi connectivity index (χ0v) is 15.4. The lowest BCUT2D eigenvalue weighted by Crippen LogP contribution is -2.51. The van der Waals surface area contributed by atoms with Crippen LogP contribution in [0.1, 0.15) is 6.42 Å². The van der Waals surface area contributed by atoms with Gasteiger partial charge in [0.25, 0.3) is 0 Å². The molecule has 1 aliphatic carbocycles. The first-order chi connectivity index (χ1) is 12.9. The van der Waals surface area contributed by atoms with Crippen LogP contribution in [0.15, 0.2) is 47.4 Å². The van der Waals surface area contributed by atoms with Gasteiger partial charge in [-0.05, 0) is 29.3 Å². The summed E-state index contributed by atoms with van der Waals surface area (Å²) in [6.07, 6.45) is 0.379. The lowest BCUT2D eigenvalue weighted by atomic mass is 10.1. The minimum atomic E-state index is -3.63. The van der Waals surface area contributed by atoms with Gasteiger partial charge >= 0.3 is 5.97 Å². The second-order valence-electron chi connectivity index (χ2n) is 7.03. The Morgan fingerprint density at radius 1 is 0.926 bits per heavy atom.